The lowest BCUT2D eigenvalue weighted by Crippen LogP contribution is -2.11. The zero-order valence-corrected chi connectivity index (χ0v) is 14.3. The fourth-order valence-electron chi connectivity index (χ4n) is 2.51. The summed E-state index contributed by atoms with van der Waals surface area (Å²) >= 11 is 0. The first-order valence-corrected chi connectivity index (χ1v) is 7.53. The van der Waals surface area contributed by atoms with Crippen molar-refractivity contribution < 1.29 is 39.9 Å². The van der Waals surface area contributed by atoms with E-state index in [1.807, 2.05) is 0 Å². The molecule has 0 bridgehead atoms. The quantitative estimate of drug-likeness (QED) is 0.522. The van der Waals surface area contributed by atoms with E-state index in [4.69, 9.17) is 4.74 Å². The highest BCUT2D eigenvalue weighted by Crippen LogP contribution is 2.35. The number of carbonyl (C=O) groups excluding carboxylic acids is 1. The second-order valence-corrected chi connectivity index (χ2v) is 5.85. The normalized spacial score (nSPS) is 10.6. The molecule has 0 aromatic heterocycles. The Morgan fingerprint density at radius 3 is 1.92 bits per heavy atom. The molecule has 0 aliphatic rings. The molecule has 0 aliphatic carbocycles. The van der Waals surface area contributed by atoms with Crippen LogP contribution in [0.5, 0.6) is 23.0 Å². The second-order valence-electron chi connectivity index (χ2n) is 5.85. The van der Waals surface area contributed by atoms with Crippen LogP contribution in [-0.4, -0.2) is 37.5 Å². The van der Waals surface area contributed by atoms with Gasteiger partial charge in [0.25, 0.3) is 0 Å². The van der Waals surface area contributed by atoms with E-state index in [9.17, 15) is 35.1 Å². The van der Waals surface area contributed by atoms with E-state index in [1.165, 1.54) is 26.8 Å². The molecule has 2 aromatic carbocycles. The highest BCUT2D eigenvalue weighted by atomic mass is 16.5. The molecule has 0 aliphatic heterocycles. The lowest BCUT2D eigenvalue weighted by atomic mass is 10.0. The number of aromatic hydroxyl groups is 4. The van der Waals surface area contributed by atoms with Gasteiger partial charge in [0.2, 0.25) is 0 Å². The van der Waals surface area contributed by atoms with Crippen molar-refractivity contribution in [3.05, 3.63) is 45.5 Å². The smallest absolute Gasteiger partial charge is 0.342 e. The number of aromatic carboxylic acids is 1. The maximum absolute atomic E-state index is 12.3. The third kappa shape index (κ3) is 3.21. The van der Waals surface area contributed by atoms with Crippen LogP contribution in [0, 0.1) is 20.8 Å². The number of hydrogen-bond acceptors (Lipinski definition) is 7. The first-order chi connectivity index (χ1) is 12.1. The molecule has 0 spiro atoms. The Morgan fingerprint density at radius 1 is 0.885 bits per heavy atom. The molecule has 0 unspecified atom stereocenters. The Bertz CT molecular complexity index is 914. The minimum absolute atomic E-state index is 0.0138. The number of ether oxygens (including phenoxy) is 1. The fraction of sp³-hybridized carbons (Fsp3) is 0.222. The molecule has 2 aromatic rings. The maximum Gasteiger partial charge on any atom is 0.342 e. The van der Waals surface area contributed by atoms with Crippen LogP contribution in [0.1, 0.15) is 43.0 Å². The van der Waals surface area contributed by atoms with E-state index >= 15 is 0 Å². The van der Waals surface area contributed by atoms with Crippen molar-refractivity contribution in [2.45, 2.75) is 27.4 Å². The SMILES string of the molecule is Cc1cc(O)c(C)c(O)c1C(=O)OCc1cc(O)c(C)c(O)c1C(=O)O. The van der Waals surface area contributed by atoms with Crippen LogP contribution in [0.4, 0.5) is 0 Å². The Morgan fingerprint density at radius 2 is 1.38 bits per heavy atom. The molecule has 0 amide bonds. The van der Waals surface area contributed by atoms with Gasteiger partial charge in [0.05, 0.1) is 0 Å². The largest absolute Gasteiger partial charge is 0.508 e. The molecule has 5 N–H and O–H groups in total. The van der Waals surface area contributed by atoms with Crippen LogP contribution in [0.15, 0.2) is 12.1 Å². The van der Waals surface area contributed by atoms with Crippen LogP contribution in [0.3, 0.4) is 0 Å². The lowest BCUT2D eigenvalue weighted by Gasteiger charge is -2.14. The Kier molecular flexibility index (Phi) is 4.97. The first kappa shape index (κ1) is 18.9. The van der Waals surface area contributed by atoms with E-state index in [-0.39, 0.29) is 39.3 Å². The van der Waals surface area contributed by atoms with Crippen molar-refractivity contribution in [3.8, 4) is 23.0 Å². The summed E-state index contributed by atoms with van der Waals surface area (Å²) in [7, 11) is 0. The van der Waals surface area contributed by atoms with E-state index in [0.717, 1.165) is 6.07 Å². The maximum atomic E-state index is 12.3. The van der Waals surface area contributed by atoms with Gasteiger partial charge in [-0.15, -0.1) is 0 Å². The minimum atomic E-state index is -1.45. The minimum Gasteiger partial charge on any atom is -0.508 e. The topological polar surface area (TPSA) is 145 Å². The van der Waals surface area contributed by atoms with Gasteiger partial charge in [-0.3, -0.25) is 0 Å². The van der Waals surface area contributed by atoms with Crippen molar-refractivity contribution in [3.63, 3.8) is 0 Å². The van der Waals surface area contributed by atoms with Gasteiger partial charge in [0, 0.05) is 16.7 Å². The summed E-state index contributed by atoms with van der Waals surface area (Å²) in [4.78, 5) is 23.7. The summed E-state index contributed by atoms with van der Waals surface area (Å²) in [6, 6.07) is 2.37. The van der Waals surface area contributed by atoms with Gasteiger partial charge >= 0.3 is 11.9 Å². The molecule has 0 saturated carbocycles. The number of rotatable bonds is 4. The molecular formula is C18H18O8. The van der Waals surface area contributed by atoms with Gasteiger partial charge in [0.15, 0.2) is 0 Å². The Hall–Kier alpha value is -3.42. The van der Waals surface area contributed by atoms with E-state index in [0.29, 0.717) is 0 Å². The third-order valence-electron chi connectivity index (χ3n) is 4.11. The summed E-state index contributed by atoms with van der Waals surface area (Å²) in [6.45, 7) is 3.69. The average molecular weight is 362 g/mol. The number of carboxylic acids is 1. The Balaban J connectivity index is 2.38. The highest BCUT2D eigenvalue weighted by molar-refractivity contribution is 5.96. The summed E-state index contributed by atoms with van der Waals surface area (Å²) in [6.07, 6.45) is 0. The van der Waals surface area contributed by atoms with Crippen molar-refractivity contribution in [2.24, 2.45) is 0 Å². The van der Waals surface area contributed by atoms with E-state index in [1.54, 1.807) is 0 Å². The van der Waals surface area contributed by atoms with Crippen LogP contribution in [0.25, 0.3) is 0 Å². The molecule has 2 rings (SSSR count). The average Bonchev–Trinajstić information content (AvgIpc) is 2.55. The van der Waals surface area contributed by atoms with Crippen molar-refractivity contribution in [1.29, 1.82) is 0 Å². The molecule has 0 radical (unpaired) electrons. The number of phenolic OH excluding ortho intramolecular Hbond substituents is 3. The summed E-state index contributed by atoms with van der Waals surface area (Å²) in [5.74, 6) is -3.99. The molecule has 0 atom stereocenters. The van der Waals surface area contributed by atoms with E-state index < -0.39 is 35.6 Å². The molecule has 138 valence electrons. The molecule has 0 saturated heterocycles. The molecule has 0 heterocycles. The Labute approximate surface area is 148 Å². The van der Waals surface area contributed by atoms with Gasteiger partial charge in [-0.25, -0.2) is 9.59 Å². The predicted octanol–water partition coefficient (Wildman–Crippen LogP) is 2.49. The standard InChI is InChI=1S/C18H18O8/c1-7-4-11(19)8(2)15(21)13(7)18(25)26-6-10-5-12(20)9(3)16(22)14(10)17(23)24/h4-5,19-22H,6H2,1-3H3,(H,23,24). The molecule has 8 heteroatoms. The molecular weight excluding hydrogens is 344 g/mol. The molecule has 26 heavy (non-hydrogen) atoms. The van der Waals surface area contributed by atoms with Crippen LogP contribution >= 0.6 is 0 Å². The predicted molar refractivity (Wildman–Crippen MR) is 89.8 cm³/mol. The second kappa shape index (κ2) is 6.83. The van der Waals surface area contributed by atoms with Gasteiger partial charge in [0.1, 0.15) is 40.7 Å². The van der Waals surface area contributed by atoms with Crippen molar-refractivity contribution in [1.82, 2.24) is 0 Å². The lowest BCUT2D eigenvalue weighted by molar-refractivity contribution is 0.0460. The summed E-state index contributed by atoms with van der Waals surface area (Å²) < 4.78 is 5.05. The summed E-state index contributed by atoms with van der Waals surface area (Å²) in [5, 5.41) is 48.6. The number of benzene rings is 2. The van der Waals surface area contributed by atoms with Gasteiger partial charge < -0.3 is 30.3 Å². The number of carboxylic acid groups (broad SMARTS) is 1. The van der Waals surface area contributed by atoms with Crippen LogP contribution in [0.2, 0.25) is 0 Å². The van der Waals surface area contributed by atoms with Gasteiger partial charge in [-0.2, -0.15) is 0 Å². The number of phenols is 4. The molecule has 0 fully saturated rings. The van der Waals surface area contributed by atoms with Crippen LogP contribution < -0.4 is 0 Å². The number of esters is 1. The highest BCUT2D eigenvalue weighted by Gasteiger charge is 2.24. The third-order valence-corrected chi connectivity index (χ3v) is 4.11. The zero-order chi connectivity index (χ0) is 19.8. The van der Waals surface area contributed by atoms with Crippen LogP contribution in [-0.2, 0) is 11.3 Å². The first-order valence-electron chi connectivity index (χ1n) is 7.53. The number of aryl methyl sites for hydroxylation is 1. The van der Waals surface area contributed by atoms with Gasteiger partial charge in [-0.1, -0.05) is 0 Å². The number of hydrogen-bond donors (Lipinski definition) is 5. The van der Waals surface area contributed by atoms with Crippen molar-refractivity contribution in [2.75, 3.05) is 0 Å². The van der Waals surface area contributed by atoms with E-state index in [2.05, 4.69) is 0 Å². The summed E-state index contributed by atoms with van der Waals surface area (Å²) in [5.41, 5.74) is -0.420. The number of carbonyl (C=O) groups is 2. The fourth-order valence-corrected chi connectivity index (χ4v) is 2.51. The monoisotopic (exact) mass is 362 g/mol. The van der Waals surface area contributed by atoms with Crippen molar-refractivity contribution >= 4 is 11.9 Å². The zero-order valence-electron chi connectivity index (χ0n) is 14.3. The van der Waals surface area contributed by atoms with Gasteiger partial charge in [-0.05, 0) is 38.5 Å². The molecule has 8 nitrogen and oxygen atoms in total.